The lowest BCUT2D eigenvalue weighted by molar-refractivity contribution is -0.131. The van der Waals surface area contributed by atoms with Crippen LogP contribution in [0, 0.1) is 0 Å². The summed E-state index contributed by atoms with van der Waals surface area (Å²) in [7, 11) is 0. The molecule has 3 N–H and O–H groups in total. The number of rotatable bonds is 4. The first kappa shape index (κ1) is 10.7. The van der Waals surface area contributed by atoms with Gasteiger partial charge >= 0.3 is 5.97 Å². The average Bonchev–Trinajstić information content (AvgIpc) is 2.51. The van der Waals surface area contributed by atoms with Crippen LogP contribution in [0.2, 0.25) is 0 Å². The van der Waals surface area contributed by atoms with E-state index < -0.39 is 5.97 Å². The number of carboxylic acid groups (broad SMARTS) is 1. The van der Waals surface area contributed by atoms with Crippen LogP contribution in [0.4, 0.5) is 0 Å². The van der Waals surface area contributed by atoms with Crippen LogP contribution in [0.1, 0.15) is 12.8 Å². The van der Waals surface area contributed by atoms with Crippen molar-refractivity contribution in [2.75, 3.05) is 13.1 Å². The van der Waals surface area contributed by atoms with Gasteiger partial charge in [-0.3, -0.25) is 9.69 Å². The highest BCUT2D eigenvalue weighted by Crippen LogP contribution is 2.15. The molecule has 1 atom stereocenters. The molecular weight excluding hydrogens is 184 g/mol. The second-order valence-corrected chi connectivity index (χ2v) is 3.30. The topological polar surface area (TPSA) is 83.6 Å². The molecule has 1 aliphatic heterocycles. The minimum Gasteiger partial charge on any atom is -0.478 e. The zero-order valence-electron chi connectivity index (χ0n) is 7.85. The van der Waals surface area contributed by atoms with Gasteiger partial charge in [0, 0.05) is 12.6 Å². The molecular formula is C9H14N2O3. The molecule has 0 saturated carbocycles. The zero-order chi connectivity index (χ0) is 10.6. The number of nitrogens with zero attached hydrogens (tertiary/aromatic N) is 1. The van der Waals surface area contributed by atoms with Gasteiger partial charge in [-0.1, -0.05) is 6.08 Å². The van der Waals surface area contributed by atoms with Crippen molar-refractivity contribution < 1.29 is 14.7 Å². The Morgan fingerprint density at radius 3 is 2.86 bits per heavy atom. The minimum absolute atomic E-state index is 0.228. The third-order valence-electron chi connectivity index (χ3n) is 2.29. The number of carboxylic acids is 1. The van der Waals surface area contributed by atoms with E-state index in [2.05, 4.69) is 0 Å². The van der Waals surface area contributed by atoms with Crippen LogP contribution in [-0.4, -0.2) is 41.0 Å². The minimum atomic E-state index is -0.972. The Hall–Kier alpha value is -1.36. The predicted molar refractivity (Wildman–Crippen MR) is 50.6 cm³/mol. The lowest BCUT2D eigenvalue weighted by Crippen LogP contribution is -2.40. The van der Waals surface area contributed by atoms with Gasteiger partial charge in [-0.05, 0) is 19.4 Å². The summed E-state index contributed by atoms with van der Waals surface area (Å²) in [5.74, 6) is -1.30. The molecule has 1 rings (SSSR count). The number of nitrogens with two attached hydrogens (primary N) is 1. The normalized spacial score (nSPS) is 23.0. The maximum atomic E-state index is 10.9. The largest absolute Gasteiger partial charge is 0.478 e. The molecule has 5 heteroatoms. The van der Waals surface area contributed by atoms with Gasteiger partial charge < -0.3 is 10.8 Å². The van der Waals surface area contributed by atoms with Crippen LogP contribution in [-0.2, 0) is 9.59 Å². The predicted octanol–water partition coefficient (Wildman–Crippen LogP) is -0.423. The fourth-order valence-corrected chi connectivity index (χ4v) is 1.66. The van der Waals surface area contributed by atoms with Gasteiger partial charge in [0.1, 0.15) is 0 Å². The lowest BCUT2D eigenvalue weighted by Gasteiger charge is -2.19. The highest BCUT2D eigenvalue weighted by molar-refractivity contribution is 5.80. The third-order valence-corrected chi connectivity index (χ3v) is 2.29. The van der Waals surface area contributed by atoms with E-state index in [9.17, 15) is 9.59 Å². The van der Waals surface area contributed by atoms with Crippen LogP contribution in [0.15, 0.2) is 12.2 Å². The van der Waals surface area contributed by atoms with Crippen LogP contribution in [0.5, 0.6) is 0 Å². The molecule has 1 aliphatic rings. The van der Waals surface area contributed by atoms with Crippen LogP contribution >= 0.6 is 0 Å². The molecule has 0 bridgehead atoms. The van der Waals surface area contributed by atoms with E-state index in [4.69, 9.17) is 10.8 Å². The molecule has 1 heterocycles. The summed E-state index contributed by atoms with van der Waals surface area (Å²) in [5, 5.41) is 8.37. The van der Waals surface area contributed by atoms with Gasteiger partial charge in [-0.2, -0.15) is 0 Å². The van der Waals surface area contributed by atoms with Gasteiger partial charge in [-0.25, -0.2) is 4.79 Å². The van der Waals surface area contributed by atoms with E-state index in [-0.39, 0.29) is 11.9 Å². The monoisotopic (exact) mass is 198 g/mol. The molecule has 0 aliphatic carbocycles. The first-order valence-corrected chi connectivity index (χ1v) is 4.54. The molecule has 0 aromatic heterocycles. The van der Waals surface area contributed by atoms with Gasteiger partial charge in [0.05, 0.1) is 6.04 Å². The lowest BCUT2D eigenvalue weighted by atomic mass is 10.2. The summed E-state index contributed by atoms with van der Waals surface area (Å²) >= 11 is 0. The number of likely N-dealkylation sites (tertiary alicyclic amines) is 1. The van der Waals surface area contributed by atoms with Crippen molar-refractivity contribution in [3.8, 4) is 0 Å². The molecule has 1 fully saturated rings. The Morgan fingerprint density at radius 1 is 1.57 bits per heavy atom. The van der Waals surface area contributed by atoms with Gasteiger partial charge in [-0.15, -0.1) is 0 Å². The number of amides is 1. The SMILES string of the molecule is NC(=O)C1CCCN1C/C=C/C(=O)O. The van der Waals surface area contributed by atoms with Crippen molar-refractivity contribution in [1.82, 2.24) is 4.90 Å². The van der Waals surface area contributed by atoms with E-state index in [0.29, 0.717) is 6.54 Å². The second kappa shape index (κ2) is 4.76. The summed E-state index contributed by atoms with van der Waals surface area (Å²) in [5.41, 5.74) is 5.20. The van der Waals surface area contributed by atoms with Gasteiger partial charge in [0.2, 0.25) is 5.91 Å². The summed E-state index contributed by atoms with van der Waals surface area (Å²) in [6.07, 6.45) is 4.32. The molecule has 1 saturated heterocycles. The van der Waals surface area contributed by atoms with E-state index in [1.807, 2.05) is 4.90 Å². The quantitative estimate of drug-likeness (QED) is 0.601. The summed E-state index contributed by atoms with van der Waals surface area (Å²) in [4.78, 5) is 23.0. The van der Waals surface area contributed by atoms with Crippen molar-refractivity contribution in [3.63, 3.8) is 0 Å². The number of hydrogen-bond donors (Lipinski definition) is 2. The van der Waals surface area contributed by atoms with Crippen LogP contribution < -0.4 is 5.73 Å². The van der Waals surface area contributed by atoms with E-state index in [1.54, 1.807) is 0 Å². The second-order valence-electron chi connectivity index (χ2n) is 3.30. The fraction of sp³-hybridized carbons (Fsp3) is 0.556. The maximum Gasteiger partial charge on any atom is 0.328 e. The smallest absolute Gasteiger partial charge is 0.328 e. The molecule has 0 radical (unpaired) electrons. The molecule has 1 unspecified atom stereocenters. The number of primary amides is 1. The highest BCUT2D eigenvalue weighted by Gasteiger charge is 2.27. The Morgan fingerprint density at radius 2 is 2.29 bits per heavy atom. The van der Waals surface area contributed by atoms with Gasteiger partial charge in [0.25, 0.3) is 0 Å². The summed E-state index contributed by atoms with van der Waals surface area (Å²) in [6, 6.07) is -0.228. The fourth-order valence-electron chi connectivity index (χ4n) is 1.66. The average molecular weight is 198 g/mol. The molecule has 78 valence electrons. The number of carbonyl (C=O) groups excluding carboxylic acids is 1. The molecule has 14 heavy (non-hydrogen) atoms. The van der Waals surface area contributed by atoms with Crippen molar-refractivity contribution in [2.45, 2.75) is 18.9 Å². The van der Waals surface area contributed by atoms with Crippen LogP contribution in [0.3, 0.4) is 0 Å². The zero-order valence-corrected chi connectivity index (χ0v) is 7.85. The molecule has 1 amide bonds. The number of hydrogen-bond acceptors (Lipinski definition) is 3. The Bertz CT molecular complexity index is 263. The van der Waals surface area contributed by atoms with E-state index in [1.165, 1.54) is 6.08 Å². The Balaban J connectivity index is 2.44. The van der Waals surface area contributed by atoms with Crippen LogP contribution in [0.25, 0.3) is 0 Å². The maximum absolute atomic E-state index is 10.9. The van der Waals surface area contributed by atoms with E-state index in [0.717, 1.165) is 25.5 Å². The van der Waals surface area contributed by atoms with Gasteiger partial charge in [0.15, 0.2) is 0 Å². The van der Waals surface area contributed by atoms with Crippen molar-refractivity contribution in [2.24, 2.45) is 5.73 Å². The summed E-state index contributed by atoms with van der Waals surface area (Å²) < 4.78 is 0. The standard InChI is InChI=1S/C9H14N2O3/c10-9(14)7-3-1-5-11(7)6-2-4-8(12)13/h2,4,7H,1,3,5-6H2,(H2,10,14)(H,12,13)/b4-2+. The van der Waals surface area contributed by atoms with Crippen molar-refractivity contribution in [3.05, 3.63) is 12.2 Å². The van der Waals surface area contributed by atoms with Crippen molar-refractivity contribution in [1.29, 1.82) is 0 Å². The van der Waals surface area contributed by atoms with Crippen molar-refractivity contribution >= 4 is 11.9 Å². The molecule has 0 spiro atoms. The Labute approximate surface area is 82.2 Å². The molecule has 0 aromatic carbocycles. The number of aliphatic carboxylic acids is 1. The Kier molecular flexibility index (Phi) is 3.64. The number of carbonyl (C=O) groups is 2. The third kappa shape index (κ3) is 2.85. The first-order chi connectivity index (χ1) is 6.61. The van der Waals surface area contributed by atoms with E-state index >= 15 is 0 Å². The summed E-state index contributed by atoms with van der Waals surface area (Å²) in [6.45, 7) is 1.28. The first-order valence-electron chi connectivity index (χ1n) is 4.54. The molecule has 0 aromatic rings. The molecule has 5 nitrogen and oxygen atoms in total. The highest BCUT2D eigenvalue weighted by atomic mass is 16.4.